The summed E-state index contributed by atoms with van der Waals surface area (Å²) in [6, 6.07) is 0. The molecule has 2 fully saturated rings. The van der Waals surface area contributed by atoms with Gasteiger partial charge in [-0.3, -0.25) is 15.1 Å². The zero-order valence-corrected chi connectivity index (χ0v) is 14.5. The number of amides is 1. The van der Waals surface area contributed by atoms with Crippen molar-refractivity contribution in [3.05, 3.63) is 9.93 Å². The lowest BCUT2D eigenvalue weighted by atomic mass is 9.83. The van der Waals surface area contributed by atoms with Crippen molar-refractivity contribution >= 4 is 41.7 Å². The Morgan fingerprint density at radius 2 is 2.22 bits per heavy atom. The number of β-lactam (4-membered cyclic amide) rings is 1. The van der Waals surface area contributed by atoms with Gasteiger partial charge in [-0.1, -0.05) is 11.8 Å². The van der Waals surface area contributed by atoms with Crippen LogP contribution >= 0.6 is 23.5 Å². The third-order valence-electron chi connectivity index (χ3n) is 4.30. The minimum Gasteiger partial charge on any atom is -0.477 e. The second-order valence-corrected chi connectivity index (χ2v) is 9.14. The lowest BCUT2D eigenvalue weighted by Crippen LogP contribution is -2.64. The van der Waals surface area contributed by atoms with Crippen LogP contribution in [0.15, 0.2) is 9.93 Å². The molecule has 9 heteroatoms. The summed E-state index contributed by atoms with van der Waals surface area (Å²) in [6.45, 7) is 4.66. The maximum absolute atomic E-state index is 12.3. The van der Waals surface area contributed by atoms with Gasteiger partial charge in [-0.25, -0.2) is 4.79 Å². The second kappa shape index (κ2) is 5.71. The fourth-order valence-corrected chi connectivity index (χ4v) is 6.56. The highest BCUT2D eigenvalue weighted by Crippen LogP contribution is 2.56. The number of likely N-dealkylation sites (tertiary alicyclic amines) is 1. The average molecular weight is 357 g/mol. The highest BCUT2D eigenvalue weighted by molar-refractivity contribution is 8.23. The molecule has 0 aliphatic carbocycles. The van der Waals surface area contributed by atoms with Gasteiger partial charge in [-0.2, -0.15) is 0 Å². The molecule has 0 bridgehead atoms. The number of carbonyl (C=O) groups excluding carboxylic acids is 1. The molecular formula is C14H19N3O4S2. The van der Waals surface area contributed by atoms with Crippen molar-refractivity contribution < 1.29 is 19.8 Å². The molecule has 3 N–H and O–H groups in total. The van der Waals surface area contributed by atoms with E-state index in [2.05, 4.69) is 0 Å². The van der Waals surface area contributed by atoms with Gasteiger partial charge in [-0.15, -0.1) is 11.8 Å². The van der Waals surface area contributed by atoms with Crippen LogP contribution in [0.25, 0.3) is 0 Å². The van der Waals surface area contributed by atoms with E-state index in [1.54, 1.807) is 13.8 Å². The van der Waals surface area contributed by atoms with Crippen molar-refractivity contribution in [3.63, 3.8) is 0 Å². The number of nitrogens with zero attached hydrogens (tertiary/aromatic N) is 2. The molecule has 2 saturated heterocycles. The highest BCUT2D eigenvalue weighted by atomic mass is 32.2. The molecule has 23 heavy (non-hydrogen) atoms. The first-order chi connectivity index (χ1) is 10.7. The predicted octanol–water partition coefficient (Wildman–Crippen LogP) is 0.957. The average Bonchev–Trinajstić information content (AvgIpc) is 3.00. The Balaban J connectivity index is 1.79. The molecule has 7 nitrogen and oxygen atoms in total. The van der Waals surface area contributed by atoms with Gasteiger partial charge in [0.25, 0.3) is 0 Å². The summed E-state index contributed by atoms with van der Waals surface area (Å²) in [5, 5.41) is 26.8. The summed E-state index contributed by atoms with van der Waals surface area (Å²) in [6.07, 6.45) is 2.18. The molecule has 3 atom stereocenters. The van der Waals surface area contributed by atoms with E-state index in [1.807, 2.05) is 4.90 Å². The zero-order valence-electron chi connectivity index (χ0n) is 12.9. The van der Waals surface area contributed by atoms with Gasteiger partial charge in [0, 0.05) is 18.3 Å². The second-order valence-electron chi connectivity index (χ2n) is 6.44. The number of carboxylic acid groups (broad SMARTS) is 1. The van der Waals surface area contributed by atoms with Gasteiger partial charge in [-0.05, 0) is 20.3 Å². The number of aliphatic carboxylic acids is 1. The Morgan fingerprint density at radius 1 is 1.52 bits per heavy atom. The van der Waals surface area contributed by atoms with Crippen molar-refractivity contribution in [2.45, 2.75) is 36.5 Å². The molecule has 0 aromatic heterocycles. The molecule has 1 amide bonds. The van der Waals surface area contributed by atoms with Crippen molar-refractivity contribution in [1.82, 2.24) is 9.80 Å². The predicted molar refractivity (Wildman–Crippen MR) is 89.0 cm³/mol. The largest absolute Gasteiger partial charge is 0.477 e. The fourth-order valence-electron chi connectivity index (χ4n) is 3.13. The topological polar surface area (TPSA) is 105 Å². The van der Waals surface area contributed by atoms with Gasteiger partial charge < -0.3 is 15.1 Å². The molecule has 0 saturated carbocycles. The number of thioether (sulfide) groups is 2. The Morgan fingerprint density at radius 3 is 2.74 bits per heavy atom. The van der Waals surface area contributed by atoms with Gasteiger partial charge in [0.15, 0.2) is 5.70 Å². The first kappa shape index (κ1) is 16.7. The van der Waals surface area contributed by atoms with Crippen LogP contribution in [-0.2, 0) is 9.59 Å². The van der Waals surface area contributed by atoms with E-state index in [0.29, 0.717) is 10.8 Å². The standard InChI is InChI=1S/C14H19N3O4S2/c1-14(2,21)8-10(18)17-9(12(19)20)13(23-11(8)17)22-7-3-4-16(5-7)6-15/h6-8,11,15,21H,3-5H2,1-2H3,(H,19,20)/t7?,8?,11-/m0/s1. The van der Waals surface area contributed by atoms with E-state index in [9.17, 15) is 19.8 Å². The lowest BCUT2D eigenvalue weighted by molar-refractivity contribution is -0.163. The first-order valence-corrected chi connectivity index (χ1v) is 9.11. The number of hydrogen-bond donors (Lipinski definition) is 3. The molecule has 3 aliphatic heterocycles. The minimum absolute atomic E-state index is 0.0452. The maximum atomic E-state index is 12.3. The van der Waals surface area contributed by atoms with Crippen LogP contribution in [0.1, 0.15) is 20.3 Å². The molecule has 0 aromatic rings. The van der Waals surface area contributed by atoms with Gasteiger partial charge in [0.1, 0.15) is 5.37 Å². The zero-order chi connectivity index (χ0) is 16.9. The number of fused-ring (bicyclic) bond motifs is 1. The molecule has 3 rings (SSSR count). The quantitative estimate of drug-likeness (QED) is 0.382. The van der Waals surface area contributed by atoms with E-state index in [-0.39, 0.29) is 22.2 Å². The summed E-state index contributed by atoms with van der Waals surface area (Å²) < 4.78 is 0.638. The maximum Gasteiger partial charge on any atom is 0.354 e. The van der Waals surface area contributed by atoms with Crippen LogP contribution in [0.2, 0.25) is 0 Å². The van der Waals surface area contributed by atoms with E-state index in [1.165, 1.54) is 34.8 Å². The smallest absolute Gasteiger partial charge is 0.354 e. The van der Waals surface area contributed by atoms with E-state index >= 15 is 0 Å². The van der Waals surface area contributed by atoms with Gasteiger partial charge in [0.2, 0.25) is 5.91 Å². The molecule has 3 heterocycles. The fraction of sp³-hybridized carbons (Fsp3) is 0.643. The highest BCUT2D eigenvalue weighted by Gasteiger charge is 2.60. The number of carbonyl (C=O) groups is 2. The number of nitrogens with one attached hydrogen (secondary N) is 1. The molecule has 3 aliphatic rings. The molecular weight excluding hydrogens is 338 g/mol. The van der Waals surface area contributed by atoms with E-state index in [4.69, 9.17) is 5.41 Å². The number of aliphatic hydroxyl groups is 1. The number of hydrogen-bond acceptors (Lipinski definition) is 6. The molecule has 0 aromatic carbocycles. The molecule has 0 spiro atoms. The molecule has 126 valence electrons. The van der Waals surface area contributed by atoms with Crippen LogP contribution in [-0.4, -0.2) is 67.5 Å². The normalized spacial score (nSPS) is 30.6. The van der Waals surface area contributed by atoms with Crippen LogP contribution in [0, 0.1) is 11.3 Å². The molecule has 0 radical (unpaired) electrons. The van der Waals surface area contributed by atoms with Crippen molar-refractivity contribution in [2.24, 2.45) is 5.92 Å². The Labute approximate surface area is 142 Å². The summed E-state index contributed by atoms with van der Waals surface area (Å²) in [4.78, 5) is 27.1. The Kier molecular flexibility index (Phi) is 4.14. The summed E-state index contributed by atoms with van der Waals surface area (Å²) in [5.41, 5.74) is -1.12. The monoisotopic (exact) mass is 357 g/mol. The third kappa shape index (κ3) is 2.74. The summed E-state index contributed by atoms with van der Waals surface area (Å²) in [7, 11) is 0. The third-order valence-corrected chi connectivity index (χ3v) is 7.14. The van der Waals surface area contributed by atoms with Gasteiger partial charge in [0.05, 0.1) is 22.1 Å². The Hall–Kier alpha value is -1.19. The number of rotatable bonds is 5. The van der Waals surface area contributed by atoms with Crippen LogP contribution < -0.4 is 0 Å². The first-order valence-electron chi connectivity index (χ1n) is 7.35. The van der Waals surface area contributed by atoms with Crippen molar-refractivity contribution in [1.29, 1.82) is 5.41 Å². The van der Waals surface area contributed by atoms with Crippen molar-refractivity contribution in [2.75, 3.05) is 13.1 Å². The summed E-state index contributed by atoms with van der Waals surface area (Å²) in [5.74, 6) is -2.01. The molecule has 2 unspecified atom stereocenters. The number of carboxylic acids is 1. The summed E-state index contributed by atoms with van der Waals surface area (Å²) >= 11 is 2.84. The van der Waals surface area contributed by atoms with Gasteiger partial charge >= 0.3 is 5.97 Å². The van der Waals surface area contributed by atoms with Crippen LogP contribution in [0.5, 0.6) is 0 Å². The van der Waals surface area contributed by atoms with Crippen molar-refractivity contribution in [3.8, 4) is 0 Å². The lowest BCUT2D eigenvalue weighted by Gasteiger charge is -2.47. The van der Waals surface area contributed by atoms with Crippen LogP contribution in [0.3, 0.4) is 0 Å². The minimum atomic E-state index is -1.17. The van der Waals surface area contributed by atoms with E-state index < -0.39 is 17.5 Å². The Bertz CT molecular complexity index is 601. The SMILES string of the molecule is CC(C)(O)C1C(=O)N2C(C(=O)O)=C(SC3CCN(C=N)C3)S[C@@H]12. The van der Waals surface area contributed by atoms with E-state index in [0.717, 1.165) is 13.0 Å². The van der Waals surface area contributed by atoms with Crippen LogP contribution in [0.4, 0.5) is 0 Å².